The molecule has 1 aromatic rings. The van der Waals surface area contributed by atoms with E-state index >= 15 is 0 Å². The third-order valence-electron chi connectivity index (χ3n) is 2.46. The Morgan fingerprint density at radius 1 is 1.45 bits per heavy atom. The normalized spacial score (nSPS) is 11.6. The number of aryl methyl sites for hydroxylation is 1. The molecule has 0 spiro atoms. The Balaban J connectivity index is 2.59. The molecule has 1 unspecified atom stereocenters. The van der Waals surface area contributed by atoms with Crippen molar-refractivity contribution in [2.75, 3.05) is 12.3 Å². The molecule has 0 aliphatic rings. The van der Waals surface area contributed by atoms with E-state index in [2.05, 4.69) is 10.6 Å². The molecule has 0 fully saturated rings. The van der Waals surface area contributed by atoms with E-state index in [9.17, 15) is 14.4 Å². The molecule has 1 heterocycles. The van der Waals surface area contributed by atoms with E-state index in [1.54, 1.807) is 20.2 Å². The van der Waals surface area contributed by atoms with Gasteiger partial charge in [0.2, 0.25) is 0 Å². The summed E-state index contributed by atoms with van der Waals surface area (Å²) in [6.45, 7) is 3.47. The topological polar surface area (TPSA) is 115 Å². The molecular weight excluding hydrogens is 264 g/mol. The molecule has 20 heavy (non-hydrogen) atoms. The molecule has 1 aromatic heterocycles. The van der Waals surface area contributed by atoms with Gasteiger partial charge in [-0.25, -0.2) is 9.59 Å². The Morgan fingerprint density at radius 3 is 2.60 bits per heavy atom. The number of hydrogen-bond acceptors (Lipinski definition) is 5. The zero-order chi connectivity index (χ0) is 15.3. The van der Waals surface area contributed by atoms with Gasteiger partial charge >= 0.3 is 12.0 Å². The second kappa shape index (κ2) is 6.60. The van der Waals surface area contributed by atoms with Crippen LogP contribution in [-0.4, -0.2) is 35.1 Å². The fourth-order valence-corrected chi connectivity index (χ4v) is 1.49. The molecule has 4 N–H and O–H groups in total. The number of imide groups is 1. The number of ether oxygens (including phenoxy) is 1. The maximum absolute atomic E-state index is 11.8. The van der Waals surface area contributed by atoms with E-state index in [0.717, 1.165) is 0 Å². The minimum atomic E-state index is -1.10. The number of nitrogens with zero attached hydrogens (tertiary/aromatic N) is 1. The molecule has 0 bridgehead atoms. The summed E-state index contributed by atoms with van der Waals surface area (Å²) in [7, 11) is 1.63. The largest absolute Gasteiger partial charge is 0.448 e. The summed E-state index contributed by atoms with van der Waals surface area (Å²) in [6, 6.07) is 0.806. The number of rotatable bonds is 4. The number of esters is 1. The molecule has 0 saturated carbocycles. The Labute approximate surface area is 116 Å². The fourth-order valence-electron chi connectivity index (χ4n) is 1.49. The average molecular weight is 282 g/mol. The average Bonchev–Trinajstić information content (AvgIpc) is 2.68. The van der Waals surface area contributed by atoms with Crippen molar-refractivity contribution >= 4 is 23.6 Å². The molecule has 8 heteroatoms. The predicted octanol–water partition coefficient (Wildman–Crippen LogP) is -0.00170. The van der Waals surface area contributed by atoms with Crippen molar-refractivity contribution in [2.24, 2.45) is 7.05 Å². The van der Waals surface area contributed by atoms with Gasteiger partial charge in [0.15, 0.2) is 6.10 Å². The van der Waals surface area contributed by atoms with Gasteiger partial charge in [-0.1, -0.05) is 0 Å². The highest BCUT2D eigenvalue weighted by Gasteiger charge is 2.22. The number of carbonyl (C=O) groups excluding carboxylic acids is 3. The minimum Gasteiger partial charge on any atom is -0.448 e. The molecule has 3 amide bonds. The summed E-state index contributed by atoms with van der Waals surface area (Å²) in [6.07, 6.45) is 0.456. The van der Waals surface area contributed by atoms with Crippen LogP contribution < -0.4 is 16.4 Å². The molecule has 1 rings (SSSR count). The lowest BCUT2D eigenvalue weighted by atomic mass is 10.3. The van der Waals surface area contributed by atoms with Crippen molar-refractivity contribution in [3.63, 3.8) is 0 Å². The standard InChI is InChI=1S/C12H18N4O4/c1-4-14-12(19)15-10(17)7(2)20-11(18)9-5-8(13)6-16(9)3/h5-7H,4,13H2,1-3H3,(H2,14,15,17,19). The van der Waals surface area contributed by atoms with Gasteiger partial charge in [0.1, 0.15) is 5.69 Å². The van der Waals surface area contributed by atoms with Crippen molar-refractivity contribution in [3.8, 4) is 0 Å². The van der Waals surface area contributed by atoms with Gasteiger partial charge in [-0.2, -0.15) is 0 Å². The fraction of sp³-hybridized carbons (Fsp3) is 0.417. The quantitative estimate of drug-likeness (QED) is 0.672. The minimum absolute atomic E-state index is 0.222. The lowest BCUT2D eigenvalue weighted by Crippen LogP contribution is -2.44. The number of carbonyl (C=O) groups is 3. The summed E-state index contributed by atoms with van der Waals surface area (Å²) in [5.74, 6) is -1.39. The molecule has 0 aliphatic carbocycles. The van der Waals surface area contributed by atoms with Crippen LogP contribution in [0.5, 0.6) is 0 Å². The maximum atomic E-state index is 11.8. The monoisotopic (exact) mass is 282 g/mol. The molecule has 0 saturated heterocycles. The third kappa shape index (κ3) is 4.01. The van der Waals surface area contributed by atoms with Crippen molar-refractivity contribution in [1.29, 1.82) is 0 Å². The molecule has 0 radical (unpaired) electrons. The zero-order valence-electron chi connectivity index (χ0n) is 11.6. The van der Waals surface area contributed by atoms with E-state index < -0.39 is 24.0 Å². The van der Waals surface area contributed by atoms with Crippen LogP contribution in [0.3, 0.4) is 0 Å². The first-order chi connectivity index (χ1) is 9.35. The maximum Gasteiger partial charge on any atom is 0.355 e. The van der Waals surface area contributed by atoms with Crippen LogP contribution in [0.4, 0.5) is 10.5 Å². The number of aromatic nitrogens is 1. The van der Waals surface area contributed by atoms with Crippen LogP contribution in [-0.2, 0) is 16.6 Å². The summed E-state index contributed by atoms with van der Waals surface area (Å²) in [5, 5.41) is 4.46. The molecule has 0 aromatic carbocycles. The SMILES string of the molecule is CCNC(=O)NC(=O)C(C)OC(=O)c1cc(N)cn1C. The third-order valence-corrected chi connectivity index (χ3v) is 2.46. The number of nitrogen functional groups attached to an aromatic ring is 1. The van der Waals surface area contributed by atoms with E-state index in [1.807, 2.05) is 0 Å². The number of nitrogens with two attached hydrogens (primary N) is 1. The van der Waals surface area contributed by atoms with Crippen molar-refractivity contribution < 1.29 is 19.1 Å². The van der Waals surface area contributed by atoms with E-state index in [0.29, 0.717) is 12.2 Å². The molecule has 1 atom stereocenters. The number of nitrogens with one attached hydrogen (secondary N) is 2. The summed E-state index contributed by atoms with van der Waals surface area (Å²) < 4.78 is 6.46. The smallest absolute Gasteiger partial charge is 0.355 e. The lowest BCUT2D eigenvalue weighted by molar-refractivity contribution is -0.127. The van der Waals surface area contributed by atoms with Gasteiger partial charge in [0, 0.05) is 19.8 Å². The van der Waals surface area contributed by atoms with E-state index in [1.165, 1.54) is 17.6 Å². The van der Waals surface area contributed by atoms with Crippen LogP contribution in [0.15, 0.2) is 12.3 Å². The summed E-state index contributed by atoms with van der Waals surface area (Å²) in [4.78, 5) is 34.6. The highest BCUT2D eigenvalue weighted by atomic mass is 16.5. The highest BCUT2D eigenvalue weighted by molar-refractivity contribution is 5.98. The van der Waals surface area contributed by atoms with Gasteiger partial charge in [0.05, 0.1) is 5.69 Å². The predicted molar refractivity (Wildman–Crippen MR) is 71.9 cm³/mol. The van der Waals surface area contributed by atoms with Gasteiger partial charge in [-0.05, 0) is 19.9 Å². The van der Waals surface area contributed by atoms with Crippen LogP contribution in [0.1, 0.15) is 24.3 Å². The van der Waals surface area contributed by atoms with Gasteiger partial charge in [-0.15, -0.1) is 0 Å². The van der Waals surface area contributed by atoms with Crippen molar-refractivity contribution in [3.05, 3.63) is 18.0 Å². The van der Waals surface area contributed by atoms with Gasteiger partial charge in [-0.3, -0.25) is 10.1 Å². The van der Waals surface area contributed by atoms with Crippen LogP contribution in [0, 0.1) is 0 Å². The molecule has 110 valence electrons. The molecular formula is C12H18N4O4. The zero-order valence-corrected chi connectivity index (χ0v) is 11.6. The van der Waals surface area contributed by atoms with Gasteiger partial charge in [0.25, 0.3) is 5.91 Å². The number of urea groups is 1. The van der Waals surface area contributed by atoms with Crippen LogP contribution in [0.25, 0.3) is 0 Å². The Kier molecular flexibility index (Phi) is 5.13. The van der Waals surface area contributed by atoms with E-state index in [-0.39, 0.29) is 5.69 Å². The summed E-state index contributed by atoms with van der Waals surface area (Å²) in [5.41, 5.74) is 6.18. The highest BCUT2D eigenvalue weighted by Crippen LogP contribution is 2.11. The number of anilines is 1. The van der Waals surface area contributed by atoms with Crippen LogP contribution in [0.2, 0.25) is 0 Å². The van der Waals surface area contributed by atoms with Gasteiger partial charge < -0.3 is 20.4 Å². The molecule has 0 aliphatic heterocycles. The molecule has 8 nitrogen and oxygen atoms in total. The van der Waals surface area contributed by atoms with Crippen molar-refractivity contribution in [2.45, 2.75) is 20.0 Å². The Morgan fingerprint density at radius 2 is 2.10 bits per heavy atom. The number of amides is 3. The lowest BCUT2D eigenvalue weighted by Gasteiger charge is -2.13. The Hall–Kier alpha value is -2.51. The van der Waals surface area contributed by atoms with E-state index in [4.69, 9.17) is 10.5 Å². The van der Waals surface area contributed by atoms with Crippen molar-refractivity contribution in [1.82, 2.24) is 15.2 Å². The second-order valence-corrected chi connectivity index (χ2v) is 4.17. The first-order valence-corrected chi connectivity index (χ1v) is 6.06. The Bertz CT molecular complexity index is 524. The number of hydrogen-bond donors (Lipinski definition) is 3. The van der Waals surface area contributed by atoms with Crippen LogP contribution >= 0.6 is 0 Å². The first kappa shape index (κ1) is 15.5. The first-order valence-electron chi connectivity index (χ1n) is 6.06. The summed E-state index contributed by atoms with van der Waals surface area (Å²) >= 11 is 0. The second-order valence-electron chi connectivity index (χ2n) is 4.17.